The number of ether oxygens (including phenoxy) is 1. The van der Waals surface area contributed by atoms with Crippen molar-refractivity contribution in [3.05, 3.63) is 29.8 Å². The first-order chi connectivity index (χ1) is 14.2. The Labute approximate surface area is 181 Å². The summed E-state index contributed by atoms with van der Waals surface area (Å²) in [6.45, 7) is 5.61. The predicted octanol–water partition coefficient (Wildman–Crippen LogP) is 8.60. The van der Waals surface area contributed by atoms with Gasteiger partial charge in [0.2, 0.25) is 0 Å². The Balaban J connectivity index is 1.25. The molecule has 2 aliphatic rings. The van der Waals surface area contributed by atoms with E-state index < -0.39 is 0 Å². The van der Waals surface area contributed by atoms with Crippen molar-refractivity contribution in [2.45, 2.75) is 110 Å². The summed E-state index contributed by atoms with van der Waals surface area (Å²) in [5.74, 6) is 4.97. The van der Waals surface area contributed by atoms with Gasteiger partial charge >= 0.3 is 0 Å². The molecule has 0 radical (unpaired) electrons. The van der Waals surface area contributed by atoms with E-state index in [2.05, 4.69) is 38.1 Å². The smallest absolute Gasteiger partial charge is 0.119 e. The second-order valence-electron chi connectivity index (χ2n) is 10.3. The summed E-state index contributed by atoms with van der Waals surface area (Å²) in [5.41, 5.74) is 1.48. The molecule has 0 N–H and O–H groups in total. The zero-order chi connectivity index (χ0) is 20.3. The van der Waals surface area contributed by atoms with Crippen molar-refractivity contribution in [1.82, 2.24) is 0 Å². The van der Waals surface area contributed by atoms with E-state index in [1.807, 2.05) is 0 Å². The van der Waals surface area contributed by atoms with E-state index in [0.717, 1.165) is 36.0 Å². The Bertz CT molecular complexity index is 532. The van der Waals surface area contributed by atoms with Crippen LogP contribution in [0, 0.1) is 23.7 Å². The number of hydrogen-bond donors (Lipinski definition) is 0. The van der Waals surface area contributed by atoms with Crippen LogP contribution in [-0.2, 0) is 6.42 Å². The Morgan fingerprint density at radius 3 is 1.90 bits per heavy atom. The maximum absolute atomic E-state index is 6.03. The molecule has 0 aliphatic heterocycles. The van der Waals surface area contributed by atoms with Gasteiger partial charge in [0.25, 0.3) is 0 Å². The highest BCUT2D eigenvalue weighted by Gasteiger charge is 2.20. The van der Waals surface area contributed by atoms with E-state index in [0.29, 0.717) is 0 Å². The van der Waals surface area contributed by atoms with Gasteiger partial charge in [-0.15, -0.1) is 0 Å². The fourth-order valence-electron chi connectivity index (χ4n) is 5.60. The van der Waals surface area contributed by atoms with Crippen LogP contribution in [0.3, 0.4) is 0 Å². The monoisotopic (exact) mass is 398 g/mol. The summed E-state index contributed by atoms with van der Waals surface area (Å²) < 4.78 is 6.03. The minimum Gasteiger partial charge on any atom is -0.494 e. The van der Waals surface area contributed by atoms with Gasteiger partial charge in [0.05, 0.1) is 6.61 Å². The van der Waals surface area contributed by atoms with E-state index in [-0.39, 0.29) is 0 Å². The van der Waals surface area contributed by atoms with Crippen LogP contribution in [0.4, 0.5) is 0 Å². The van der Waals surface area contributed by atoms with Crippen LogP contribution < -0.4 is 4.74 Å². The average molecular weight is 399 g/mol. The van der Waals surface area contributed by atoms with E-state index in [1.165, 1.54) is 102 Å². The van der Waals surface area contributed by atoms with Gasteiger partial charge in [-0.25, -0.2) is 0 Å². The Morgan fingerprint density at radius 1 is 0.724 bits per heavy atom. The van der Waals surface area contributed by atoms with Crippen molar-refractivity contribution < 1.29 is 4.74 Å². The van der Waals surface area contributed by atoms with Crippen molar-refractivity contribution in [3.8, 4) is 5.75 Å². The zero-order valence-electron chi connectivity index (χ0n) is 19.3. The Kier molecular flexibility index (Phi) is 9.91. The van der Waals surface area contributed by atoms with Gasteiger partial charge in [-0.1, -0.05) is 96.6 Å². The molecule has 2 fully saturated rings. The van der Waals surface area contributed by atoms with Gasteiger partial charge in [0.15, 0.2) is 0 Å². The molecule has 1 heteroatoms. The molecule has 0 saturated heterocycles. The highest BCUT2D eigenvalue weighted by atomic mass is 16.5. The zero-order valence-corrected chi connectivity index (χ0v) is 19.3. The molecule has 0 atom stereocenters. The predicted molar refractivity (Wildman–Crippen MR) is 126 cm³/mol. The summed E-state index contributed by atoms with van der Waals surface area (Å²) in [4.78, 5) is 0. The minimum atomic E-state index is 0.884. The standard InChI is InChI=1S/C28H46O/c1-3-4-6-24-12-14-25(15-13-24)7-5-22-29-28-20-18-27(19-21-28)17-16-26-10-8-23(2)9-11-26/h18-21,23-26H,3-17,22H2,1-2H3. The van der Waals surface area contributed by atoms with Crippen LogP contribution in [0.5, 0.6) is 5.75 Å². The maximum Gasteiger partial charge on any atom is 0.119 e. The molecule has 1 nitrogen and oxygen atoms in total. The molecule has 1 aromatic rings. The second kappa shape index (κ2) is 12.7. The van der Waals surface area contributed by atoms with Crippen molar-refractivity contribution >= 4 is 0 Å². The molecule has 0 heterocycles. The molecule has 0 aromatic heterocycles. The fraction of sp³-hybridized carbons (Fsp3) is 0.786. The van der Waals surface area contributed by atoms with Gasteiger partial charge < -0.3 is 4.74 Å². The van der Waals surface area contributed by atoms with Crippen molar-refractivity contribution in [2.75, 3.05) is 6.61 Å². The lowest BCUT2D eigenvalue weighted by molar-refractivity contribution is 0.228. The van der Waals surface area contributed by atoms with Crippen molar-refractivity contribution in [3.63, 3.8) is 0 Å². The quantitative estimate of drug-likeness (QED) is 0.339. The van der Waals surface area contributed by atoms with Crippen molar-refractivity contribution in [1.29, 1.82) is 0 Å². The number of benzene rings is 1. The largest absolute Gasteiger partial charge is 0.494 e. The third kappa shape index (κ3) is 8.35. The molecular formula is C28H46O. The molecule has 0 unspecified atom stereocenters. The summed E-state index contributed by atoms with van der Waals surface area (Å²) in [6, 6.07) is 8.96. The summed E-state index contributed by atoms with van der Waals surface area (Å²) in [6.07, 6.45) is 21.1. The van der Waals surface area contributed by atoms with Crippen LogP contribution in [-0.4, -0.2) is 6.61 Å². The van der Waals surface area contributed by atoms with Crippen LogP contribution in [0.2, 0.25) is 0 Å². The lowest BCUT2D eigenvalue weighted by Crippen LogP contribution is -2.15. The molecule has 0 spiro atoms. The first-order valence-electron chi connectivity index (χ1n) is 12.9. The average Bonchev–Trinajstić information content (AvgIpc) is 2.76. The van der Waals surface area contributed by atoms with Crippen LogP contribution in [0.25, 0.3) is 0 Å². The number of unbranched alkanes of at least 4 members (excludes halogenated alkanes) is 1. The summed E-state index contributed by atoms with van der Waals surface area (Å²) in [7, 11) is 0. The molecule has 3 rings (SSSR count). The SMILES string of the molecule is CCCCC1CCC(CCCOc2ccc(CCC3CCC(C)CC3)cc2)CC1. The molecule has 2 saturated carbocycles. The first-order valence-corrected chi connectivity index (χ1v) is 12.9. The Morgan fingerprint density at radius 2 is 1.28 bits per heavy atom. The Hall–Kier alpha value is -0.980. The third-order valence-corrected chi connectivity index (χ3v) is 7.86. The van der Waals surface area contributed by atoms with Crippen LogP contribution in [0.15, 0.2) is 24.3 Å². The van der Waals surface area contributed by atoms with Gasteiger partial charge in [-0.2, -0.15) is 0 Å². The van der Waals surface area contributed by atoms with Gasteiger partial charge in [-0.05, 0) is 67.1 Å². The van der Waals surface area contributed by atoms with Crippen LogP contribution >= 0.6 is 0 Å². The molecule has 29 heavy (non-hydrogen) atoms. The third-order valence-electron chi connectivity index (χ3n) is 7.86. The maximum atomic E-state index is 6.03. The molecule has 1 aromatic carbocycles. The number of rotatable bonds is 11. The second-order valence-corrected chi connectivity index (χ2v) is 10.3. The molecule has 0 amide bonds. The lowest BCUT2D eigenvalue weighted by atomic mass is 9.78. The van der Waals surface area contributed by atoms with Crippen LogP contribution in [0.1, 0.15) is 109 Å². The molecule has 0 bridgehead atoms. The van der Waals surface area contributed by atoms with E-state index in [1.54, 1.807) is 0 Å². The minimum absolute atomic E-state index is 0.884. The van der Waals surface area contributed by atoms with Gasteiger partial charge in [-0.3, -0.25) is 0 Å². The lowest BCUT2D eigenvalue weighted by Gasteiger charge is -2.28. The highest BCUT2D eigenvalue weighted by Crippen LogP contribution is 2.34. The number of aryl methyl sites for hydroxylation is 1. The summed E-state index contributed by atoms with van der Waals surface area (Å²) in [5, 5.41) is 0. The number of hydrogen-bond acceptors (Lipinski definition) is 1. The normalized spacial score (nSPS) is 27.7. The van der Waals surface area contributed by atoms with Gasteiger partial charge in [0.1, 0.15) is 5.75 Å². The van der Waals surface area contributed by atoms with E-state index >= 15 is 0 Å². The topological polar surface area (TPSA) is 9.23 Å². The molecule has 2 aliphatic carbocycles. The first kappa shape index (κ1) is 22.7. The fourth-order valence-corrected chi connectivity index (χ4v) is 5.60. The summed E-state index contributed by atoms with van der Waals surface area (Å²) >= 11 is 0. The van der Waals surface area contributed by atoms with Gasteiger partial charge in [0, 0.05) is 0 Å². The van der Waals surface area contributed by atoms with Crippen molar-refractivity contribution in [2.24, 2.45) is 23.7 Å². The van der Waals surface area contributed by atoms with E-state index in [9.17, 15) is 0 Å². The molecule has 164 valence electrons. The van der Waals surface area contributed by atoms with E-state index in [4.69, 9.17) is 4.74 Å². The molecular weight excluding hydrogens is 352 g/mol. The highest BCUT2D eigenvalue weighted by molar-refractivity contribution is 5.27.